The summed E-state index contributed by atoms with van der Waals surface area (Å²) < 4.78 is 1.99. The molecular formula is C25H30N4OS. The molecule has 2 aromatic carbocycles. The van der Waals surface area contributed by atoms with Gasteiger partial charge in [0, 0.05) is 25.7 Å². The van der Waals surface area contributed by atoms with Gasteiger partial charge in [0.1, 0.15) is 0 Å². The molecule has 1 aliphatic heterocycles. The van der Waals surface area contributed by atoms with E-state index in [1.807, 2.05) is 35.6 Å². The van der Waals surface area contributed by atoms with E-state index in [4.69, 9.17) is 0 Å². The van der Waals surface area contributed by atoms with E-state index in [2.05, 4.69) is 59.6 Å². The lowest BCUT2D eigenvalue weighted by Gasteiger charge is -2.33. The summed E-state index contributed by atoms with van der Waals surface area (Å²) in [7, 11) is 1.97. The molecule has 0 spiro atoms. The molecule has 2 heterocycles. The molecule has 6 heteroatoms. The molecule has 1 aliphatic rings. The first-order chi connectivity index (χ1) is 15.0. The fraction of sp³-hybridized carbons (Fsp3) is 0.400. The number of rotatable bonds is 6. The van der Waals surface area contributed by atoms with Gasteiger partial charge in [-0.05, 0) is 50.2 Å². The van der Waals surface area contributed by atoms with E-state index in [9.17, 15) is 4.79 Å². The Balaban J connectivity index is 1.34. The van der Waals surface area contributed by atoms with Crippen LogP contribution in [-0.4, -0.2) is 43.9 Å². The van der Waals surface area contributed by atoms with Gasteiger partial charge >= 0.3 is 0 Å². The van der Waals surface area contributed by atoms with E-state index in [0.717, 1.165) is 54.5 Å². The third kappa shape index (κ3) is 5.01. The van der Waals surface area contributed by atoms with Crippen LogP contribution in [0.1, 0.15) is 30.9 Å². The van der Waals surface area contributed by atoms with Crippen LogP contribution in [0.4, 0.5) is 0 Å². The Bertz CT molecular complexity index is 1030. The molecule has 1 amide bonds. The predicted molar refractivity (Wildman–Crippen MR) is 126 cm³/mol. The molecule has 1 unspecified atom stereocenters. The summed E-state index contributed by atoms with van der Waals surface area (Å²) in [5.74, 6) is 1.69. The molecular weight excluding hydrogens is 404 g/mol. The van der Waals surface area contributed by atoms with E-state index in [1.54, 1.807) is 0 Å². The molecule has 1 saturated heterocycles. The Morgan fingerprint density at radius 1 is 1.06 bits per heavy atom. The third-order valence-corrected chi connectivity index (χ3v) is 7.27. The molecule has 1 aromatic heterocycles. The third-order valence-electron chi connectivity index (χ3n) is 6.14. The van der Waals surface area contributed by atoms with Gasteiger partial charge in [0.2, 0.25) is 5.91 Å². The highest BCUT2D eigenvalue weighted by Gasteiger charge is 2.28. The van der Waals surface area contributed by atoms with Crippen LogP contribution in [0.5, 0.6) is 0 Å². The standard InChI is InChI=1S/C25H30N4OS/c1-18-9-7-8-12-22(18)23-26-27-25(28(23)3)31-19(2)24(30)29-15-13-21(14-16-29)17-20-10-5-4-6-11-20/h4-12,19,21H,13-17H2,1-3H3. The van der Waals surface area contributed by atoms with Gasteiger partial charge in [0.25, 0.3) is 0 Å². The number of carbonyl (C=O) groups excluding carboxylic acids is 1. The van der Waals surface area contributed by atoms with Crippen LogP contribution < -0.4 is 0 Å². The Kier molecular flexibility index (Phi) is 6.76. The van der Waals surface area contributed by atoms with Crippen molar-refractivity contribution < 1.29 is 4.79 Å². The topological polar surface area (TPSA) is 51.0 Å². The maximum Gasteiger partial charge on any atom is 0.235 e. The highest BCUT2D eigenvalue weighted by atomic mass is 32.2. The molecule has 0 saturated carbocycles. The average molecular weight is 435 g/mol. The lowest BCUT2D eigenvalue weighted by atomic mass is 9.90. The molecule has 3 aromatic rings. The van der Waals surface area contributed by atoms with E-state index < -0.39 is 0 Å². The number of aryl methyl sites for hydroxylation is 1. The van der Waals surface area contributed by atoms with Gasteiger partial charge in [-0.2, -0.15) is 0 Å². The Morgan fingerprint density at radius 2 is 1.74 bits per heavy atom. The average Bonchev–Trinajstić information content (AvgIpc) is 3.14. The maximum atomic E-state index is 13.1. The number of amides is 1. The fourth-order valence-electron chi connectivity index (χ4n) is 4.25. The van der Waals surface area contributed by atoms with Gasteiger partial charge in [0.05, 0.1) is 5.25 Å². The summed E-state index contributed by atoms with van der Waals surface area (Å²) in [6.07, 6.45) is 3.24. The zero-order valence-corrected chi connectivity index (χ0v) is 19.3. The van der Waals surface area contributed by atoms with Crippen LogP contribution >= 0.6 is 11.8 Å². The normalized spacial score (nSPS) is 15.8. The molecule has 0 bridgehead atoms. The molecule has 1 fully saturated rings. The van der Waals surface area contributed by atoms with Crippen molar-refractivity contribution in [3.63, 3.8) is 0 Å². The van der Waals surface area contributed by atoms with Crippen molar-refractivity contribution in [3.05, 3.63) is 65.7 Å². The zero-order valence-electron chi connectivity index (χ0n) is 18.5. The Hall–Kier alpha value is -2.60. The van der Waals surface area contributed by atoms with Gasteiger partial charge in [-0.25, -0.2) is 0 Å². The van der Waals surface area contributed by atoms with Gasteiger partial charge in [-0.15, -0.1) is 10.2 Å². The quantitative estimate of drug-likeness (QED) is 0.525. The summed E-state index contributed by atoms with van der Waals surface area (Å²) >= 11 is 1.49. The van der Waals surface area contributed by atoms with E-state index >= 15 is 0 Å². The lowest BCUT2D eigenvalue weighted by molar-refractivity contribution is -0.131. The number of benzene rings is 2. The van der Waals surface area contributed by atoms with Crippen molar-refractivity contribution in [2.45, 2.75) is 43.5 Å². The second kappa shape index (κ2) is 9.69. The number of hydrogen-bond donors (Lipinski definition) is 0. The predicted octanol–water partition coefficient (Wildman–Crippen LogP) is 4.75. The number of thioether (sulfide) groups is 1. The summed E-state index contributed by atoms with van der Waals surface area (Å²) in [6.45, 7) is 5.73. The van der Waals surface area contributed by atoms with Crippen LogP contribution in [0.3, 0.4) is 0 Å². The largest absolute Gasteiger partial charge is 0.342 e. The van der Waals surface area contributed by atoms with Gasteiger partial charge in [0.15, 0.2) is 11.0 Å². The number of nitrogens with zero attached hydrogens (tertiary/aromatic N) is 4. The number of hydrogen-bond acceptors (Lipinski definition) is 4. The number of likely N-dealkylation sites (tertiary alicyclic amines) is 1. The molecule has 0 N–H and O–H groups in total. The first-order valence-corrected chi connectivity index (χ1v) is 11.9. The summed E-state index contributed by atoms with van der Waals surface area (Å²) in [5.41, 5.74) is 3.63. The summed E-state index contributed by atoms with van der Waals surface area (Å²) in [6, 6.07) is 18.8. The van der Waals surface area contributed by atoms with Crippen LogP contribution in [-0.2, 0) is 18.3 Å². The number of carbonyl (C=O) groups is 1. The van der Waals surface area contributed by atoms with Crippen molar-refractivity contribution in [1.82, 2.24) is 19.7 Å². The van der Waals surface area contributed by atoms with Crippen LogP contribution in [0.15, 0.2) is 59.8 Å². The minimum atomic E-state index is -0.182. The maximum absolute atomic E-state index is 13.1. The van der Waals surface area contributed by atoms with Crippen LogP contribution in [0.25, 0.3) is 11.4 Å². The Labute approximate surface area is 188 Å². The molecule has 5 nitrogen and oxygen atoms in total. The smallest absolute Gasteiger partial charge is 0.235 e. The second-order valence-corrected chi connectivity index (χ2v) is 9.71. The Morgan fingerprint density at radius 3 is 2.45 bits per heavy atom. The fourth-order valence-corrected chi connectivity index (χ4v) is 5.15. The SMILES string of the molecule is Cc1ccccc1-c1nnc(SC(C)C(=O)N2CCC(Cc3ccccc3)CC2)n1C. The van der Waals surface area contributed by atoms with Crippen molar-refractivity contribution in [1.29, 1.82) is 0 Å². The van der Waals surface area contributed by atoms with Gasteiger partial charge in [-0.1, -0.05) is 66.4 Å². The minimum absolute atomic E-state index is 0.182. The summed E-state index contributed by atoms with van der Waals surface area (Å²) in [4.78, 5) is 15.1. The molecule has 31 heavy (non-hydrogen) atoms. The highest BCUT2D eigenvalue weighted by molar-refractivity contribution is 8.00. The molecule has 0 radical (unpaired) electrons. The van der Waals surface area contributed by atoms with Crippen molar-refractivity contribution in [3.8, 4) is 11.4 Å². The summed E-state index contributed by atoms with van der Waals surface area (Å²) in [5, 5.41) is 9.35. The first kappa shape index (κ1) is 21.6. The molecule has 162 valence electrons. The minimum Gasteiger partial charge on any atom is -0.342 e. The molecule has 0 aliphatic carbocycles. The van der Waals surface area contributed by atoms with Crippen LogP contribution in [0, 0.1) is 12.8 Å². The molecule has 1 atom stereocenters. The highest BCUT2D eigenvalue weighted by Crippen LogP contribution is 2.29. The van der Waals surface area contributed by atoms with Crippen molar-refractivity contribution >= 4 is 17.7 Å². The van der Waals surface area contributed by atoms with Gasteiger partial charge in [-0.3, -0.25) is 4.79 Å². The van der Waals surface area contributed by atoms with E-state index in [1.165, 1.54) is 17.3 Å². The number of aromatic nitrogens is 3. The second-order valence-electron chi connectivity index (χ2n) is 8.40. The van der Waals surface area contributed by atoms with Gasteiger partial charge < -0.3 is 9.47 Å². The lowest BCUT2D eigenvalue weighted by Crippen LogP contribution is -2.42. The monoisotopic (exact) mass is 434 g/mol. The molecule has 4 rings (SSSR count). The number of piperidine rings is 1. The zero-order chi connectivity index (χ0) is 21.8. The van der Waals surface area contributed by atoms with E-state index in [0.29, 0.717) is 5.92 Å². The van der Waals surface area contributed by atoms with E-state index in [-0.39, 0.29) is 11.2 Å². The van der Waals surface area contributed by atoms with Crippen molar-refractivity contribution in [2.75, 3.05) is 13.1 Å². The van der Waals surface area contributed by atoms with Crippen molar-refractivity contribution in [2.24, 2.45) is 13.0 Å². The van der Waals surface area contributed by atoms with Crippen LogP contribution in [0.2, 0.25) is 0 Å². The first-order valence-electron chi connectivity index (χ1n) is 11.0.